The minimum Gasteiger partial charge on any atom is -0.465 e. The van der Waals surface area contributed by atoms with Gasteiger partial charge in [-0.1, -0.05) is 13.3 Å². The molecule has 0 bridgehead atoms. The molecule has 12 heavy (non-hydrogen) atoms. The number of primary amides is 1. The van der Waals surface area contributed by atoms with E-state index in [-0.39, 0.29) is 6.61 Å². The maximum atomic E-state index is 11.1. The Morgan fingerprint density at radius 2 is 2.00 bits per heavy atom. The molecule has 0 aliphatic carbocycles. The van der Waals surface area contributed by atoms with Crippen molar-refractivity contribution < 1.29 is 14.3 Å². The maximum absolute atomic E-state index is 11.1. The Kier molecular flexibility index (Phi) is 5.08. The number of hydrogen-bond acceptors (Lipinski definition) is 3. The fraction of sp³-hybridized carbons (Fsp3) is 0.750. The van der Waals surface area contributed by atoms with Gasteiger partial charge in [0.05, 0.1) is 6.61 Å². The summed E-state index contributed by atoms with van der Waals surface area (Å²) in [5, 5.41) is 0. The van der Waals surface area contributed by atoms with Crippen LogP contribution in [-0.2, 0) is 14.3 Å². The molecule has 0 heterocycles. The maximum Gasteiger partial charge on any atom is 0.318 e. The lowest BCUT2D eigenvalue weighted by Crippen LogP contribution is -2.31. The molecule has 0 aromatic rings. The van der Waals surface area contributed by atoms with Gasteiger partial charge in [-0.2, -0.15) is 0 Å². The van der Waals surface area contributed by atoms with Crippen molar-refractivity contribution in [3.63, 3.8) is 0 Å². The first-order chi connectivity index (χ1) is 5.63. The summed E-state index contributed by atoms with van der Waals surface area (Å²) >= 11 is 0. The van der Waals surface area contributed by atoms with Crippen LogP contribution in [0.2, 0.25) is 0 Å². The molecule has 1 unspecified atom stereocenters. The molecule has 0 aromatic carbocycles. The number of carbonyl (C=O) groups excluding carboxylic acids is 2. The molecule has 0 saturated carbocycles. The predicted octanol–water partition coefficient (Wildman–Crippen LogP) is 0.451. The van der Waals surface area contributed by atoms with Gasteiger partial charge in [0.25, 0.3) is 0 Å². The number of nitrogens with two attached hydrogens (primary N) is 1. The molecule has 4 heteroatoms. The first-order valence-electron chi connectivity index (χ1n) is 4.09. The summed E-state index contributed by atoms with van der Waals surface area (Å²) < 4.78 is 4.68. The van der Waals surface area contributed by atoms with Crippen molar-refractivity contribution in [1.29, 1.82) is 0 Å². The number of ether oxygens (including phenoxy) is 1. The van der Waals surface area contributed by atoms with Gasteiger partial charge < -0.3 is 10.5 Å². The Labute approximate surface area is 72.1 Å². The van der Waals surface area contributed by atoms with Crippen molar-refractivity contribution in [3.8, 4) is 0 Å². The summed E-state index contributed by atoms with van der Waals surface area (Å²) in [4.78, 5) is 21.8. The number of hydrogen-bond donors (Lipinski definition) is 1. The first kappa shape index (κ1) is 10.9. The van der Waals surface area contributed by atoms with Gasteiger partial charge in [0.15, 0.2) is 0 Å². The summed E-state index contributed by atoms with van der Waals surface area (Å²) in [7, 11) is 0. The fourth-order valence-corrected chi connectivity index (χ4v) is 0.908. The van der Waals surface area contributed by atoms with Crippen LogP contribution in [0.3, 0.4) is 0 Å². The molecule has 0 saturated heterocycles. The van der Waals surface area contributed by atoms with Crippen molar-refractivity contribution in [2.45, 2.75) is 26.7 Å². The molecule has 0 rings (SSSR count). The highest BCUT2D eigenvalue weighted by atomic mass is 16.5. The van der Waals surface area contributed by atoms with Crippen LogP contribution in [0.1, 0.15) is 26.7 Å². The Hall–Kier alpha value is -1.06. The van der Waals surface area contributed by atoms with E-state index in [2.05, 4.69) is 4.74 Å². The largest absolute Gasteiger partial charge is 0.465 e. The van der Waals surface area contributed by atoms with Gasteiger partial charge in [0.1, 0.15) is 5.92 Å². The molecule has 0 aliphatic heterocycles. The Morgan fingerprint density at radius 1 is 1.42 bits per heavy atom. The monoisotopic (exact) mass is 173 g/mol. The van der Waals surface area contributed by atoms with E-state index >= 15 is 0 Å². The van der Waals surface area contributed by atoms with Gasteiger partial charge in [-0.05, 0) is 13.3 Å². The SMILES string of the molecule is CCCC(C(N)=O)C(=O)OCC. The highest BCUT2D eigenvalue weighted by Crippen LogP contribution is 2.07. The number of rotatable bonds is 5. The average Bonchev–Trinajstić information content (AvgIpc) is 1.99. The van der Waals surface area contributed by atoms with E-state index < -0.39 is 17.8 Å². The zero-order chi connectivity index (χ0) is 9.56. The molecule has 0 fully saturated rings. The van der Waals surface area contributed by atoms with Gasteiger partial charge >= 0.3 is 5.97 Å². The van der Waals surface area contributed by atoms with Crippen LogP contribution in [0, 0.1) is 5.92 Å². The minimum atomic E-state index is -0.769. The van der Waals surface area contributed by atoms with Crippen molar-refractivity contribution >= 4 is 11.9 Å². The topological polar surface area (TPSA) is 69.4 Å². The van der Waals surface area contributed by atoms with E-state index in [9.17, 15) is 9.59 Å². The molecule has 0 aromatic heterocycles. The van der Waals surface area contributed by atoms with Crippen molar-refractivity contribution in [2.75, 3.05) is 6.61 Å². The van der Waals surface area contributed by atoms with Crippen molar-refractivity contribution in [3.05, 3.63) is 0 Å². The van der Waals surface area contributed by atoms with Crippen LogP contribution in [-0.4, -0.2) is 18.5 Å². The second kappa shape index (κ2) is 5.57. The summed E-state index contributed by atoms with van der Waals surface area (Å²) in [6.07, 6.45) is 1.21. The van der Waals surface area contributed by atoms with Crippen LogP contribution < -0.4 is 5.73 Å². The van der Waals surface area contributed by atoms with E-state index in [0.717, 1.165) is 6.42 Å². The highest BCUT2D eigenvalue weighted by molar-refractivity contribution is 5.96. The molecule has 1 atom stereocenters. The number of amides is 1. The molecule has 1 amide bonds. The van der Waals surface area contributed by atoms with Crippen molar-refractivity contribution in [2.24, 2.45) is 11.7 Å². The van der Waals surface area contributed by atoms with Crippen LogP contribution in [0.5, 0.6) is 0 Å². The van der Waals surface area contributed by atoms with Gasteiger partial charge in [-0.25, -0.2) is 0 Å². The van der Waals surface area contributed by atoms with Crippen LogP contribution in [0.4, 0.5) is 0 Å². The molecule has 2 N–H and O–H groups in total. The van der Waals surface area contributed by atoms with Crippen LogP contribution in [0.15, 0.2) is 0 Å². The number of carbonyl (C=O) groups is 2. The lowest BCUT2D eigenvalue weighted by atomic mass is 10.0. The zero-order valence-electron chi connectivity index (χ0n) is 7.50. The van der Waals surface area contributed by atoms with Gasteiger partial charge in [-0.15, -0.1) is 0 Å². The minimum absolute atomic E-state index is 0.284. The second-order valence-electron chi connectivity index (χ2n) is 2.50. The summed E-state index contributed by atoms with van der Waals surface area (Å²) in [5.74, 6) is -1.88. The molecular weight excluding hydrogens is 158 g/mol. The smallest absolute Gasteiger partial charge is 0.318 e. The van der Waals surface area contributed by atoms with Crippen LogP contribution in [0.25, 0.3) is 0 Å². The first-order valence-corrected chi connectivity index (χ1v) is 4.09. The third-order valence-electron chi connectivity index (χ3n) is 1.49. The Balaban J connectivity index is 4.09. The lowest BCUT2D eigenvalue weighted by molar-refractivity contribution is -0.151. The zero-order valence-corrected chi connectivity index (χ0v) is 7.50. The van der Waals surface area contributed by atoms with Gasteiger partial charge in [-0.3, -0.25) is 9.59 Å². The van der Waals surface area contributed by atoms with E-state index in [0.29, 0.717) is 6.42 Å². The standard InChI is InChI=1S/C8H15NO3/c1-3-5-6(7(9)10)8(11)12-4-2/h6H,3-5H2,1-2H3,(H2,9,10). The molecule has 4 nitrogen and oxygen atoms in total. The number of esters is 1. The summed E-state index contributed by atoms with van der Waals surface area (Å²) in [6.45, 7) is 3.86. The molecule has 70 valence electrons. The van der Waals surface area contributed by atoms with Gasteiger partial charge in [0.2, 0.25) is 5.91 Å². The molecule has 0 aliphatic rings. The molecule has 0 spiro atoms. The third kappa shape index (κ3) is 3.37. The lowest BCUT2D eigenvalue weighted by Gasteiger charge is -2.09. The van der Waals surface area contributed by atoms with E-state index in [1.807, 2.05) is 6.92 Å². The Bertz CT molecular complexity index is 168. The summed E-state index contributed by atoms with van der Waals surface area (Å²) in [6, 6.07) is 0. The average molecular weight is 173 g/mol. The molecule has 0 radical (unpaired) electrons. The highest BCUT2D eigenvalue weighted by Gasteiger charge is 2.24. The summed E-state index contributed by atoms with van der Waals surface area (Å²) in [5.41, 5.74) is 5.01. The van der Waals surface area contributed by atoms with E-state index in [1.165, 1.54) is 0 Å². The van der Waals surface area contributed by atoms with E-state index in [1.54, 1.807) is 6.92 Å². The Morgan fingerprint density at radius 3 is 2.33 bits per heavy atom. The fourth-order valence-electron chi connectivity index (χ4n) is 0.908. The van der Waals surface area contributed by atoms with Gasteiger partial charge in [0, 0.05) is 0 Å². The van der Waals surface area contributed by atoms with E-state index in [4.69, 9.17) is 5.73 Å². The third-order valence-corrected chi connectivity index (χ3v) is 1.49. The quantitative estimate of drug-likeness (QED) is 0.484. The van der Waals surface area contributed by atoms with Crippen molar-refractivity contribution in [1.82, 2.24) is 0 Å². The second-order valence-corrected chi connectivity index (χ2v) is 2.50. The van der Waals surface area contributed by atoms with Crippen LogP contribution >= 0.6 is 0 Å². The molecular formula is C8H15NO3. The normalized spacial score (nSPS) is 12.2. The predicted molar refractivity (Wildman–Crippen MR) is 44.2 cm³/mol.